The van der Waals surface area contributed by atoms with Crippen LogP contribution in [0.1, 0.15) is 54.9 Å². The predicted molar refractivity (Wildman–Crippen MR) is 130 cm³/mol. The van der Waals surface area contributed by atoms with Gasteiger partial charge in [0.25, 0.3) is 0 Å². The number of fused-ring (bicyclic) bond motifs is 3. The number of sulfonamides is 1. The Morgan fingerprint density at radius 1 is 1.06 bits per heavy atom. The lowest BCUT2D eigenvalue weighted by Gasteiger charge is -2.20. The third-order valence-electron chi connectivity index (χ3n) is 6.13. The molecule has 4 rings (SSSR count). The number of ether oxygens (including phenoxy) is 1. The SMILES string of the molecule is CCC[C@@H](NS(=O)(=O)c1ccc(C)cc1)C(=O)Oc1cc(C)cc2oc(=O)c3c(c12)CCCC3. The molecular weight excluding hydrogens is 454 g/mol. The minimum Gasteiger partial charge on any atom is -0.425 e. The molecule has 1 aliphatic rings. The smallest absolute Gasteiger partial charge is 0.339 e. The van der Waals surface area contributed by atoms with Crippen LogP contribution >= 0.6 is 0 Å². The molecule has 34 heavy (non-hydrogen) atoms. The van der Waals surface area contributed by atoms with Crippen LogP contribution in [0.15, 0.2) is 50.5 Å². The van der Waals surface area contributed by atoms with Crippen molar-refractivity contribution in [2.45, 2.75) is 70.2 Å². The zero-order chi connectivity index (χ0) is 24.5. The monoisotopic (exact) mass is 483 g/mol. The van der Waals surface area contributed by atoms with E-state index in [1.165, 1.54) is 12.1 Å². The molecule has 0 saturated heterocycles. The van der Waals surface area contributed by atoms with Crippen molar-refractivity contribution in [1.29, 1.82) is 0 Å². The molecule has 0 amide bonds. The summed E-state index contributed by atoms with van der Waals surface area (Å²) in [5, 5.41) is 0.616. The highest BCUT2D eigenvalue weighted by atomic mass is 32.2. The highest BCUT2D eigenvalue weighted by Crippen LogP contribution is 2.35. The molecule has 1 heterocycles. The third-order valence-corrected chi connectivity index (χ3v) is 7.62. The maximum absolute atomic E-state index is 13.2. The summed E-state index contributed by atoms with van der Waals surface area (Å²) >= 11 is 0. The van der Waals surface area contributed by atoms with Gasteiger partial charge in [-0.15, -0.1) is 0 Å². The van der Waals surface area contributed by atoms with Gasteiger partial charge < -0.3 is 9.15 Å². The number of rotatable bonds is 7. The van der Waals surface area contributed by atoms with Crippen molar-refractivity contribution >= 4 is 27.0 Å². The van der Waals surface area contributed by atoms with Crippen LogP contribution in [0.2, 0.25) is 0 Å². The van der Waals surface area contributed by atoms with Crippen LogP contribution in [0.5, 0.6) is 5.75 Å². The minimum absolute atomic E-state index is 0.0869. The first-order valence-electron chi connectivity index (χ1n) is 11.6. The first-order chi connectivity index (χ1) is 16.2. The van der Waals surface area contributed by atoms with E-state index in [-0.39, 0.29) is 22.7 Å². The second kappa shape index (κ2) is 9.72. The van der Waals surface area contributed by atoms with Gasteiger partial charge in [0.1, 0.15) is 17.4 Å². The normalized spacial score (nSPS) is 14.6. The van der Waals surface area contributed by atoms with Gasteiger partial charge in [-0.1, -0.05) is 31.0 Å². The Morgan fingerprint density at radius 2 is 1.74 bits per heavy atom. The van der Waals surface area contributed by atoms with Gasteiger partial charge in [0, 0.05) is 5.56 Å². The summed E-state index contributed by atoms with van der Waals surface area (Å²) in [7, 11) is -3.92. The third kappa shape index (κ3) is 4.93. The van der Waals surface area contributed by atoms with Crippen molar-refractivity contribution in [3.05, 3.63) is 69.1 Å². The summed E-state index contributed by atoms with van der Waals surface area (Å²) in [6, 6.07) is 8.86. The molecule has 0 saturated carbocycles. The van der Waals surface area contributed by atoms with Crippen LogP contribution in [0.25, 0.3) is 11.0 Å². The van der Waals surface area contributed by atoms with Crippen molar-refractivity contribution in [1.82, 2.24) is 4.72 Å². The average Bonchev–Trinajstić information content (AvgIpc) is 2.78. The summed E-state index contributed by atoms with van der Waals surface area (Å²) in [5.41, 5.74) is 3.21. The highest BCUT2D eigenvalue weighted by molar-refractivity contribution is 7.89. The van der Waals surface area contributed by atoms with E-state index in [0.717, 1.165) is 29.5 Å². The molecule has 0 fully saturated rings. The van der Waals surface area contributed by atoms with Gasteiger partial charge in [-0.05, 0) is 81.3 Å². The van der Waals surface area contributed by atoms with Gasteiger partial charge in [0.05, 0.1) is 10.3 Å². The molecule has 8 heteroatoms. The lowest BCUT2D eigenvalue weighted by atomic mass is 9.90. The van der Waals surface area contributed by atoms with Crippen LogP contribution in [-0.2, 0) is 27.7 Å². The molecule has 1 atom stereocenters. The van der Waals surface area contributed by atoms with Gasteiger partial charge in [-0.3, -0.25) is 0 Å². The van der Waals surface area contributed by atoms with Crippen LogP contribution < -0.4 is 15.1 Å². The van der Waals surface area contributed by atoms with E-state index in [1.807, 2.05) is 20.8 Å². The quantitative estimate of drug-likeness (QED) is 0.305. The van der Waals surface area contributed by atoms with E-state index >= 15 is 0 Å². The predicted octanol–water partition coefficient (Wildman–Crippen LogP) is 4.34. The highest BCUT2D eigenvalue weighted by Gasteiger charge is 2.28. The van der Waals surface area contributed by atoms with Gasteiger partial charge in [0.15, 0.2) is 0 Å². The van der Waals surface area contributed by atoms with Crippen LogP contribution in [0.4, 0.5) is 0 Å². The molecule has 0 bridgehead atoms. The van der Waals surface area contributed by atoms with E-state index in [9.17, 15) is 18.0 Å². The topological polar surface area (TPSA) is 103 Å². The Hall–Kier alpha value is -2.97. The van der Waals surface area contributed by atoms with Crippen LogP contribution in [-0.4, -0.2) is 20.4 Å². The molecule has 1 aromatic heterocycles. The number of esters is 1. The number of benzene rings is 2. The van der Waals surface area contributed by atoms with Crippen molar-refractivity contribution in [3.8, 4) is 5.75 Å². The summed E-state index contributed by atoms with van der Waals surface area (Å²) in [6.45, 7) is 5.56. The molecule has 0 aliphatic heterocycles. The number of carbonyl (C=O) groups excluding carboxylic acids is 1. The van der Waals surface area contributed by atoms with Crippen LogP contribution in [0.3, 0.4) is 0 Å². The summed E-state index contributed by atoms with van der Waals surface area (Å²) < 4.78 is 39.7. The number of nitrogens with one attached hydrogen (secondary N) is 1. The Balaban J connectivity index is 1.69. The van der Waals surface area contributed by atoms with Crippen molar-refractivity contribution in [2.24, 2.45) is 0 Å². The van der Waals surface area contributed by atoms with E-state index in [0.29, 0.717) is 35.8 Å². The van der Waals surface area contributed by atoms with Crippen molar-refractivity contribution in [2.75, 3.05) is 0 Å². The lowest BCUT2D eigenvalue weighted by molar-refractivity contribution is -0.136. The minimum atomic E-state index is -3.92. The Kier molecular flexibility index (Phi) is 6.91. The number of hydrogen-bond acceptors (Lipinski definition) is 6. The first-order valence-corrected chi connectivity index (χ1v) is 13.1. The number of aryl methyl sites for hydroxylation is 3. The summed E-state index contributed by atoms with van der Waals surface area (Å²) in [6.07, 6.45) is 4.02. The Morgan fingerprint density at radius 3 is 2.41 bits per heavy atom. The van der Waals surface area contributed by atoms with E-state index in [2.05, 4.69) is 4.72 Å². The van der Waals surface area contributed by atoms with Gasteiger partial charge in [-0.2, -0.15) is 4.72 Å². The Labute approximate surface area is 199 Å². The van der Waals surface area contributed by atoms with Gasteiger partial charge >= 0.3 is 11.6 Å². The zero-order valence-corrected chi connectivity index (χ0v) is 20.5. The molecule has 2 aromatic carbocycles. The van der Waals surface area contributed by atoms with E-state index in [4.69, 9.17) is 9.15 Å². The largest absolute Gasteiger partial charge is 0.425 e. The number of hydrogen-bond donors (Lipinski definition) is 1. The lowest BCUT2D eigenvalue weighted by Crippen LogP contribution is -2.42. The molecule has 0 unspecified atom stereocenters. The van der Waals surface area contributed by atoms with Crippen LogP contribution in [0, 0.1) is 13.8 Å². The zero-order valence-electron chi connectivity index (χ0n) is 19.6. The molecule has 1 aliphatic carbocycles. The average molecular weight is 484 g/mol. The molecule has 180 valence electrons. The number of carbonyl (C=O) groups is 1. The summed E-state index contributed by atoms with van der Waals surface area (Å²) in [4.78, 5) is 25.8. The molecule has 7 nitrogen and oxygen atoms in total. The first kappa shape index (κ1) is 24.2. The molecule has 3 aromatic rings. The fourth-order valence-electron chi connectivity index (χ4n) is 4.41. The van der Waals surface area contributed by atoms with Crippen molar-refractivity contribution < 1.29 is 22.4 Å². The second-order valence-corrected chi connectivity index (χ2v) is 10.6. The van der Waals surface area contributed by atoms with Crippen molar-refractivity contribution in [3.63, 3.8) is 0 Å². The Bertz CT molecular complexity index is 1390. The van der Waals surface area contributed by atoms with Gasteiger partial charge in [-0.25, -0.2) is 18.0 Å². The van der Waals surface area contributed by atoms with E-state index < -0.39 is 22.0 Å². The van der Waals surface area contributed by atoms with Gasteiger partial charge in [0.2, 0.25) is 10.0 Å². The molecular formula is C26H29NO6S. The maximum atomic E-state index is 13.2. The summed E-state index contributed by atoms with van der Waals surface area (Å²) in [5.74, 6) is -0.405. The van der Waals surface area contributed by atoms with E-state index in [1.54, 1.807) is 24.3 Å². The molecule has 0 spiro atoms. The second-order valence-electron chi connectivity index (χ2n) is 8.89. The maximum Gasteiger partial charge on any atom is 0.339 e. The standard InChI is InChI=1S/C26H29NO6S/c1-4-7-21(27-34(30,31)18-12-10-16(2)11-13-18)26(29)33-23-15-17(3)14-22-24(23)19-8-5-6-9-20(19)25(28)32-22/h10-15,21,27H,4-9H2,1-3H3/t21-/m1/s1. The molecule has 1 N–H and O–H groups in total. The molecule has 0 radical (unpaired) electrons. The fourth-order valence-corrected chi connectivity index (χ4v) is 5.63. The fraction of sp³-hybridized carbons (Fsp3) is 0.385.